The van der Waals surface area contributed by atoms with Gasteiger partial charge in [-0.05, 0) is 38.1 Å². The second kappa shape index (κ2) is 4.94. The Bertz CT molecular complexity index is 233. The highest BCUT2D eigenvalue weighted by molar-refractivity contribution is 5.71. The second-order valence-corrected chi connectivity index (χ2v) is 4.61. The predicted octanol–water partition coefficient (Wildman–Crippen LogP) is 0.363. The summed E-state index contributed by atoms with van der Waals surface area (Å²) < 4.78 is 5.04. The lowest BCUT2D eigenvalue weighted by Gasteiger charge is -2.25. The van der Waals surface area contributed by atoms with E-state index < -0.39 is 0 Å². The summed E-state index contributed by atoms with van der Waals surface area (Å²) in [6, 6.07) is 0.559. The van der Waals surface area contributed by atoms with Gasteiger partial charge in [0.2, 0.25) is 0 Å². The van der Waals surface area contributed by atoms with Crippen LogP contribution >= 0.6 is 0 Å². The fourth-order valence-corrected chi connectivity index (χ4v) is 2.65. The number of ether oxygens (including phenoxy) is 1. The third-order valence-electron chi connectivity index (χ3n) is 3.55. The summed E-state index contributed by atoms with van der Waals surface area (Å²) >= 11 is 0. The van der Waals surface area contributed by atoms with Gasteiger partial charge in [-0.1, -0.05) is 0 Å². The third kappa shape index (κ3) is 2.69. The van der Waals surface area contributed by atoms with Gasteiger partial charge in [-0.25, -0.2) is 0 Å². The van der Waals surface area contributed by atoms with E-state index in [2.05, 4.69) is 4.90 Å². The Morgan fingerprint density at radius 1 is 1.47 bits per heavy atom. The van der Waals surface area contributed by atoms with E-state index >= 15 is 0 Å². The molecule has 2 N–H and O–H groups in total. The number of carbonyl (C=O) groups is 1. The van der Waals surface area contributed by atoms with Crippen LogP contribution in [-0.4, -0.2) is 43.2 Å². The molecule has 2 rings (SSSR count). The average Bonchev–Trinajstić information content (AvgIpc) is 2.61. The van der Waals surface area contributed by atoms with Crippen molar-refractivity contribution in [3.05, 3.63) is 0 Å². The highest BCUT2D eigenvalue weighted by Crippen LogP contribution is 2.29. The minimum Gasteiger partial charge on any atom is -0.465 e. The third-order valence-corrected chi connectivity index (χ3v) is 3.55. The lowest BCUT2D eigenvalue weighted by molar-refractivity contribution is -0.143. The number of hydrogen-bond acceptors (Lipinski definition) is 4. The van der Waals surface area contributed by atoms with Gasteiger partial charge in [0.05, 0.1) is 13.2 Å². The molecule has 2 atom stereocenters. The van der Waals surface area contributed by atoms with Crippen molar-refractivity contribution in [3.63, 3.8) is 0 Å². The summed E-state index contributed by atoms with van der Waals surface area (Å²) in [5.74, 6) is 0.595. The lowest BCUT2D eigenvalue weighted by atomic mass is 10.1. The molecule has 2 aliphatic rings. The van der Waals surface area contributed by atoms with E-state index in [1.807, 2.05) is 0 Å². The van der Waals surface area contributed by atoms with Gasteiger partial charge < -0.3 is 10.5 Å². The smallest absolute Gasteiger partial charge is 0.320 e. The minimum absolute atomic E-state index is 0.0660. The largest absolute Gasteiger partial charge is 0.465 e. The van der Waals surface area contributed by atoms with Crippen molar-refractivity contribution in [2.75, 3.05) is 26.2 Å². The SMILES string of the molecule is NCC1CCC(N2CCCOC(=O)C2)C1. The number of carbonyl (C=O) groups excluding carboxylic acids is 1. The Hall–Kier alpha value is -0.610. The first kappa shape index (κ1) is 10.9. The minimum atomic E-state index is -0.0660. The zero-order valence-electron chi connectivity index (χ0n) is 9.15. The molecule has 0 bridgehead atoms. The quantitative estimate of drug-likeness (QED) is 0.672. The van der Waals surface area contributed by atoms with Crippen LogP contribution in [0.2, 0.25) is 0 Å². The number of nitrogens with zero attached hydrogens (tertiary/aromatic N) is 1. The van der Waals surface area contributed by atoms with E-state index in [-0.39, 0.29) is 5.97 Å². The second-order valence-electron chi connectivity index (χ2n) is 4.61. The Balaban J connectivity index is 1.89. The van der Waals surface area contributed by atoms with Gasteiger partial charge in [-0.2, -0.15) is 0 Å². The van der Waals surface area contributed by atoms with Gasteiger partial charge in [-0.3, -0.25) is 9.69 Å². The van der Waals surface area contributed by atoms with E-state index in [4.69, 9.17) is 10.5 Å². The molecule has 86 valence electrons. The van der Waals surface area contributed by atoms with Crippen LogP contribution in [0.5, 0.6) is 0 Å². The summed E-state index contributed by atoms with van der Waals surface area (Å²) in [7, 11) is 0. The van der Waals surface area contributed by atoms with Crippen LogP contribution in [0.3, 0.4) is 0 Å². The summed E-state index contributed by atoms with van der Waals surface area (Å²) in [5, 5.41) is 0. The fraction of sp³-hybridized carbons (Fsp3) is 0.909. The van der Waals surface area contributed by atoms with E-state index in [9.17, 15) is 4.79 Å². The molecule has 1 aliphatic carbocycles. The molecule has 1 aliphatic heterocycles. The highest BCUT2D eigenvalue weighted by Gasteiger charge is 2.30. The van der Waals surface area contributed by atoms with Crippen LogP contribution < -0.4 is 5.73 Å². The van der Waals surface area contributed by atoms with Crippen LogP contribution in [-0.2, 0) is 9.53 Å². The molecule has 1 saturated heterocycles. The molecule has 2 fully saturated rings. The lowest BCUT2D eigenvalue weighted by Crippen LogP contribution is -2.37. The van der Waals surface area contributed by atoms with Crippen LogP contribution in [0.4, 0.5) is 0 Å². The summed E-state index contributed by atoms with van der Waals surface area (Å²) in [6.07, 6.45) is 4.53. The van der Waals surface area contributed by atoms with Crippen molar-refractivity contribution < 1.29 is 9.53 Å². The molecule has 4 nitrogen and oxygen atoms in total. The number of esters is 1. The molecule has 15 heavy (non-hydrogen) atoms. The Labute approximate surface area is 90.8 Å². The first-order valence-electron chi connectivity index (χ1n) is 5.89. The molecule has 0 spiro atoms. The normalized spacial score (nSPS) is 33.8. The van der Waals surface area contributed by atoms with Crippen molar-refractivity contribution >= 4 is 5.97 Å². The molecular formula is C11H20N2O2. The van der Waals surface area contributed by atoms with Gasteiger partial charge in [0.25, 0.3) is 0 Å². The van der Waals surface area contributed by atoms with Crippen molar-refractivity contribution in [1.82, 2.24) is 4.90 Å². The zero-order chi connectivity index (χ0) is 10.7. The van der Waals surface area contributed by atoms with E-state index in [1.54, 1.807) is 0 Å². The maximum atomic E-state index is 11.3. The molecule has 4 heteroatoms. The number of nitrogens with two attached hydrogens (primary N) is 1. The Morgan fingerprint density at radius 2 is 2.33 bits per heavy atom. The summed E-state index contributed by atoms with van der Waals surface area (Å²) in [4.78, 5) is 13.6. The first-order chi connectivity index (χ1) is 7.29. The van der Waals surface area contributed by atoms with Crippen molar-refractivity contribution in [3.8, 4) is 0 Å². The fourth-order valence-electron chi connectivity index (χ4n) is 2.65. The monoisotopic (exact) mass is 212 g/mol. The highest BCUT2D eigenvalue weighted by atomic mass is 16.5. The van der Waals surface area contributed by atoms with Crippen molar-refractivity contribution in [1.29, 1.82) is 0 Å². The van der Waals surface area contributed by atoms with E-state index in [0.717, 1.165) is 25.9 Å². The topological polar surface area (TPSA) is 55.6 Å². The first-order valence-corrected chi connectivity index (χ1v) is 5.89. The van der Waals surface area contributed by atoms with Crippen molar-refractivity contribution in [2.24, 2.45) is 11.7 Å². The van der Waals surface area contributed by atoms with Gasteiger partial charge in [-0.15, -0.1) is 0 Å². The van der Waals surface area contributed by atoms with Gasteiger partial charge in [0.15, 0.2) is 0 Å². The molecule has 0 aromatic rings. The molecule has 2 unspecified atom stereocenters. The van der Waals surface area contributed by atoms with E-state index in [1.165, 1.54) is 12.8 Å². The van der Waals surface area contributed by atoms with Gasteiger partial charge >= 0.3 is 5.97 Å². The molecular weight excluding hydrogens is 192 g/mol. The van der Waals surface area contributed by atoms with Crippen LogP contribution in [0.25, 0.3) is 0 Å². The molecule has 0 amide bonds. The van der Waals surface area contributed by atoms with E-state index in [0.29, 0.717) is 25.1 Å². The Morgan fingerprint density at radius 3 is 3.07 bits per heavy atom. The molecule has 1 saturated carbocycles. The predicted molar refractivity (Wildman–Crippen MR) is 57.3 cm³/mol. The number of hydrogen-bond donors (Lipinski definition) is 1. The molecule has 0 aromatic carbocycles. The summed E-state index contributed by atoms with van der Waals surface area (Å²) in [6.45, 7) is 2.84. The van der Waals surface area contributed by atoms with Crippen LogP contribution in [0.1, 0.15) is 25.7 Å². The van der Waals surface area contributed by atoms with Crippen LogP contribution in [0.15, 0.2) is 0 Å². The van der Waals surface area contributed by atoms with Crippen molar-refractivity contribution in [2.45, 2.75) is 31.7 Å². The number of cyclic esters (lactones) is 1. The number of rotatable bonds is 2. The standard InChI is InChI=1S/C11H20N2O2/c12-7-9-2-3-10(6-9)13-4-1-5-15-11(14)8-13/h9-10H,1-8,12H2. The molecule has 1 heterocycles. The van der Waals surface area contributed by atoms with Gasteiger partial charge in [0.1, 0.15) is 0 Å². The Kier molecular flexibility index (Phi) is 3.59. The summed E-state index contributed by atoms with van der Waals surface area (Å²) in [5.41, 5.74) is 5.67. The molecule has 0 aromatic heterocycles. The maximum Gasteiger partial charge on any atom is 0.320 e. The van der Waals surface area contributed by atoms with Crippen LogP contribution in [0, 0.1) is 5.92 Å². The molecule has 0 radical (unpaired) electrons. The average molecular weight is 212 g/mol. The van der Waals surface area contributed by atoms with Gasteiger partial charge in [0, 0.05) is 12.6 Å². The zero-order valence-corrected chi connectivity index (χ0v) is 9.15. The maximum absolute atomic E-state index is 11.3.